The van der Waals surface area contributed by atoms with Crippen LogP contribution in [0.2, 0.25) is 0 Å². The second-order valence-corrected chi connectivity index (χ2v) is 6.62. The van der Waals surface area contributed by atoms with Gasteiger partial charge in [0.1, 0.15) is 5.75 Å². The summed E-state index contributed by atoms with van der Waals surface area (Å²) in [7, 11) is 0. The largest absolute Gasteiger partial charge is 0.482 e. The topological polar surface area (TPSA) is 100 Å². The number of hydrogen-bond donors (Lipinski definition) is 2. The lowest BCUT2D eigenvalue weighted by Crippen LogP contribution is -2.31. The third kappa shape index (κ3) is 6.61. The number of nitrogens with zero attached hydrogens (tertiary/aromatic N) is 1. The molecule has 0 aromatic heterocycles. The molecule has 0 spiro atoms. The van der Waals surface area contributed by atoms with Crippen molar-refractivity contribution in [2.24, 2.45) is 0 Å². The second kappa shape index (κ2) is 10.5. The highest BCUT2D eigenvalue weighted by atomic mass is 16.6. The van der Waals surface area contributed by atoms with Crippen LogP contribution in [-0.4, -0.2) is 24.6 Å². The Morgan fingerprint density at radius 2 is 1.61 bits per heavy atom. The van der Waals surface area contributed by atoms with Crippen LogP contribution in [0.1, 0.15) is 12.5 Å². The molecule has 0 aliphatic carbocycles. The van der Waals surface area contributed by atoms with Crippen molar-refractivity contribution in [1.82, 2.24) is 0 Å². The van der Waals surface area contributed by atoms with Crippen molar-refractivity contribution in [2.45, 2.75) is 13.0 Å². The highest BCUT2D eigenvalue weighted by molar-refractivity contribution is 5.95. The Morgan fingerprint density at radius 3 is 2.32 bits per heavy atom. The summed E-state index contributed by atoms with van der Waals surface area (Å²) in [6.07, 6.45) is -1.01. The predicted molar refractivity (Wildman–Crippen MR) is 117 cm³/mol. The second-order valence-electron chi connectivity index (χ2n) is 6.62. The van der Waals surface area contributed by atoms with Crippen LogP contribution in [0.15, 0.2) is 78.9 Å². The van der Waals surface area contributed by atoms with Gasteiger partial charge < -0.3 is 20.1 Å². The number of hydrogen-bond acceptors (Lipinski definition) is 6. The zero-order valence-corrected chi connectivity index (χ0v) is 16.9. The van der Waals surface area contributed by atoms with Crippen molar-refractivity contribution in [2.75, 3.05) is 17.2 Å². The lowest BCUT2D eigenvalue weighted by molar-refractivity contribution is -0.155. The molecule has 3 rings (SSSR count). The normalized spacial score (nSPS) is 11.0. The molecule has 7 heteroatoms. The fourth-order valence-corrected chi connectivity index (χ4v) is 2.66. The molecular weight excluding hydrogens is 394 g/mol. The van der Waals surface area contributed by atoms with Gasteiger partial charge in [-0.1, -0.05) is 24.3 Å². The van der Waals surface area contributed by atoms with Gasteiger partial charge in [-0.15, -0.1) is 0 Å². The number of ether oxygens (including phenoxy) is 2. The van der Waals surface area contributed by atoms with E-state index in [9.17, 15) is 9.59 Å². The van der Waals surface area contributed by atoms with Crippen molar-refractivity contribution in [3.05, 3.63) is 84.4 Å². The van der Waals surface area contributed by atoms with E-state index in [2.05, 4.69) is 10.6 Å². The first-order valence-electron chi connectivity index (χ1n) is 9.59. The van der Waals surface area contributed by atoms with Gasteiger partial charge in [0.25, 0.3) is 5.91 Å². The number of amides is 1. The molecule has 0 bridgehead atoms. The van der Waals surface area contributed by atoms with Crippen molar-refractivity contribution < 1.29 is 19.1 Å². The molecule has 2 N–H and O–H groups in total. The number of nitriles is 1. The molecule has 0 saturated carbocycles. The first kappa shape index (κ1) is 21.4. The zero-order chi connectivity index (χ0) is 22.1. The van der Waals surface area contributed by atoms with Crippen LogP contribution in [0.25, 0.3) is 0 Å². The van der Waals surface area contributed by atoms with E-state index in [0.717, 1.165) is 11.4 Å². The lowest BCUT2D eigenvalue weighted by Gasteiger charge is -2.14. The minimum Gasteiger partial charge on any atom is -0.482 e. The van der Waals surface area contributed by atoms with Crippen LogP contribution in [0, 0.1) is 11.3 Å². The standard InChI is InChI=1S/C24H21N3O4/c1-17(24(29)27-21-9-5-6-18(14-21)15-25)31-23(28)16-30-22-12-10-20(11-13-22)26-19-7-3-2-4-8-19/h2-14,17,26H,16H2,1H3,(H,27,29)/t17-/m1/s1. The Morgan fingerprint density at radius 1 is 0.935 bits per heavy atom. The zero-order valence-electron chi connectivity index (χ0n) is 16.9. The quantitative estimate of drug-likeness (QED) is 0.534. The van der Waals surface area contributed by atoms with Crippen molar-refractivity contribution in [1.29, 1.82) is 5.26 Å². The molecule has 0 unspecified atom stereocenters. The van der Waals surface area contributed by atoms with Gasteiger partial charge in [0, 0.05) is 17.1 Å². The molecule has 0 aliphatic rings. The number of para-hydroxylation sites is 1. The fraction of sp³-hybridized carbons (Fsp3) is 0.125. The van der Waals surface area contributed by atoms with Gasteiger partial charge in [0.15, 0.2) is 12.7 Å². The van der Waals surface area contributed by atoms with Crippen LogP contribution in [0.5, 0.6) is 5.75 Å². The Hall–Kier alpha value is -4.31. The lowest BCUT2D eigenvalue weighted by atomic mass is 10.2. The molecule has 0 radical (unpaired) electrons. The molecule has 156 valence electrons. The van der Waals surface area contributed by atoms with E-state index in [4.69, 9.17) is 14.7 Å². The van der Waals surface area contributed by atoms with E-state index < -0.39 is 18.0 Å². The average molecular weight is 415 g/mol. The highest BCUT2D eigenvalue weighted by Crippen LogP contribution is 2.20. The predicted octanol–water partition coefficient (Wildman–Crippen LogP) is 4.25. The van der Waals surface area contributed by atoms with Gasteiger partial charge in [-0.05, 0) is 61.5 Å². The Labute approximate surface area is 180 Å². The van der Waals surface area contributed by atoms with Crippen LogP contribution >= 0.6 is 0 Å². The number of esters is 1. The summed E-state index contributed by atoms with van der Waals surface area (Å²) in [6.45, 7) is 1.14. The first-order valence-corrected chi connectivity index (χ1v) is 9.59. The SMILES string of the molecule is C[C@@H](OC(=O)COc1ccc(Nc2ccccc2)cc1)C(=O)Nc1cccc(C#N)c1. The number of rotatable bonds is 8. The highest BCUT2D eigenvalue weighted by Gasteiger charge is 2.18. The van der Waals surface area contributed by atoms with Crippen LogP contribution in [0.3, 0.4) is 0 Å². The third-order valence-corrected chi connectivity index (χ3v) is 4.21. The van der Waals surface area contributed by atoms with Crippen molar-refractivity contribution >= 4 is 28.9 Å². The maximum absolute atomic E-state index is 12.2. The fourth-order valence-electron chi connectivity index (χ4n) is 2.66. The molecule has 0 saturated heterocycles. The Kier molecular flexibility index (Phi) is 7.22. The third-order valence-electron chi connectivity index (χ3n) is 4.21. The first-order chi connectivity index (χ1) is 15.0. The van der Waals surface area contributed by atoms with E-state index in [1.54, 1.807) is 30.3 Å². The van der Waals surface area contributed by atoms with Crippen molar-refractivity contribution in [3.63, 3.8) is 0 Å². The summed E-state index contributed by atoms with van der Waals surface area (Å²) in [4.78, 5) is 24.2. The van der Waals surface area contributed by atoms with Gasteiger partial charge in [-0.25, -0.2) is 4.79 Å². The van der Waals surface area contributed by atoms with E-state index in [0.29, 0.717) is 17.0 Å². The maximum atomic E-state index is 12.2. The number of carbonyl (C=O) groups excluding carboxylic acids is 2. The van der Waals surface area contributed by atoms with Crippen molar-refractivity contribution in [3.8, 4) is 11.8 Å². The summed E-state index contributed by atoms with van der Waals surface area (Å²) in [5.41, 5.74) is 2.71. The van der Waals surface area contributed by atoms with Crippen LogP contribution < -0.4 is 15.4 Å². The molecule has 3 aromatic rings. The van der Waals surface area contributed by atoms with Gasteiger partial charge in [0.05, 0.1) is 11.6 Å². The number of nitrogens with one attached hydrogen (secondary N) is 2. The number of carbonyl (C=O) groups is 2. The van der Waals surface area contributed by atoms with Gasteiger partial charge in [-0.3, -0.25) is 4.79 Å². The maximum Gasteiger partial charge on any atom is 0.344 e. The molecule has 0 aliphatic heterocycles. The molecule has 1 amide bonds. The van der Waals surface area contributed by atoms with E-state index in [-0.39, 0.29) is 6.61 Å². The van der Waals surface area contributed by atoms with Crippen LogP contribution in [-0.2, 0) is 14.3 Å². The molecule has 31 heavy (non-hydrogen) atoms. The minimum atomic E-state index is -1.01. The van der Waals surface area contributed by atoms with Gasteiger partial charge in [-0.2, -0.15) is 5.26 Å². The van der Waals surface area contributed by atoms with E-state index in [1.165, 1.54) is 13.0 Å². The summed E-state index contributed by atoms with van der Waals surface area (Å²) >= 11 is 0. The monoisotopic (exact) mass is 415 g/mol. The molecule has 1 atom stereocenters. The Bertz CT molecular complexity index is 1080. The molecular formula is C24H21N3O4. The van der Waals surface area contributed by atoms with Gasteiger partial charge in [0.2, 0.25) is 0 Å². The molecule has 3 aromatic carbocycles. The summed E-state index contributed by atoms with van der Waals surface area (Å²) in [5.74, 6) is -0.666. The summed E-state index contributed by atoms with van der Waals surface area (Å²) in [5, 5.41) is 14.8. The Balaban J connectivity index is 1.44. The van der Waals surface area contributed by atoms with Gasteiger partial charge >= 0.3 is 5.97 Å². The van der Waals surface area contributed by atoms with E-state index >= 15 is 0 Å². The molecule has 0 fully saturated rings. The summed E-state index contributed by atoms with van der Waals surface area (Å²) < 4.78 is 10.5. The molecule has 7 nitrogen and oxygen atoms in total. The number of benzene rings is 3. The number of anilines is 3. The van der Waals surface area contributed by atoms with Crippen LogP contribution in [0.4, 0.5) is 17.1 Å². The minimum absolute atomic E-state index is 0.326. The van der Waals surface area contributed by atoms with E-state index in [1.807, 2.05) is 48.5 Å². The summed E-state index contributed by atoms with van der Waals surface area (Å²) in [6, 6.07) is 25.3. The smallest absolute Gasteiger partial charge is 0.344 e. The average Bonchev–Trinajstić information content (AvgIpc) is 2.79. The molecule has 0 heterocycles.